The number of carbonyl (C=O) groups is 2. The Bertz CT molecular complexity index is 1270. The van der Waals surface area contributed by atoms with Crippen molar-refractivity contribution in [2.45, 2.75) is 44.2 Å². The minimum absolute atomic E-state index is 0.181. The summed E-state index contributed by atoms with van der Waals surface area (Å²) in [6, 6.07) is 12.2. The van der Waals surface area contributed by atoms with Crippen molar-refractivity contribution in [3.63, 3.8) is 0 Å². The molecule has 0 unspecified atom stereocenters. The Morgan fingerprint density at radius 2 is 1.94 bits per heavy atom. The number of fused-ring (bicyclic) bond motifs is 4. The summed E-state index contributed by atoms with van der Waals surface area (Å²) in [6.07, 6.45) is 4.69. The lowest BCUT2D eigenvalue weighted by atomic mass is 9.74. The minimum Gasteiger partial charge on any atom is -0.450 e. The van der Waals surface area contributed by atoms with Gasteiger partial charge >= 0.3 is 6.03 Å². The minimum atomic E-state index is -0.548. The van der Waals surface area contributed by atoms with Gasteiger partial charge in [-0.3, -0.25) is 4.79 Å². The van der Waals surface area contributed by atoms with Crippen molar-refractivity contribution in [2.75, 3.05) is 5.32 Å². The Morgan fingerprint density at radius 1 is 1.19 bits per heavy atom. The number of nitrogens with one attached hydrogen (secondary N) is 3. The van der Waals surface area contributed by atoms with Crippen molar-refractivity contribution >= 4 is 40.2 Å². The van der Waals surface area contributed by atoms with Crippen LogP contribution >= 0.6 is 11.6 Å². The number of carbonyl (C=O) groups excluding carboxylic acids is 2. The maximum absolute atomic E-state index is 12.8. The molecule has 1 spiro atoms. The molecular weight excluding hydrogens is 428 g/mol. The zero-order valence-corrected chi connectivity index (χ0v) is 18.0. The maximum Gasteiger partial charge on any atom is 0.319 e. The Labute approximate surface area is 189 Å². The molecule has 0 saturated heterocycles. The number of rotatable bonds is 3. The van der Waals surface area contributed by atoms with E-state index in [2.05, 4.69) is 22.0 Å². The number of halogens is 1. The van der Waals surface area contributed by atoms with Crippen LogP contribution in [0.15, 0.2) is 40.8 Å². The molecule has 2 heterocycles. The molecule has 3 N–H and O–H groups in total. The second-order valence-corrected chi connectivity index (χ2v) is 8.76. The van der Waals surface area contributed by atoms with E-state index in [9.17, 15) is 9.59 Å². The summed E-state index contributed by atoms with van der Waals surface area (Å²) in [4.78, 5) is 25.2. The molecule has 0 radical (unpaired) electrons. The number of hydrogen-bond donors (Lipinski definition) is 3. The number of anilines is 1. The number of benzene rings is 2. The number of urea groups is 1. The number of furan rings is 1. The molecule has 162 valence electrons. The average molecular weight is 449 g/mol. The normalized spacial score (nSPS) is 16.7. The van der Waals surface area contributed by atoms with Gasteiger partial charge < -0.3 is 20.4 Å². The zero-order valence-electron chi connectivity index (χ0n) is 17.3. The molecule has 1 aliphatic carbocycles. The summed E-state index contributed by atoms with van der Waals surface area (Å²) in [5.74, 6) is -0.165. The van der Waals surface area contributed by atoms with Crippen molar-refractivity contribution in [3.8, 4) is 6.07 Å². The largest absolute Gasteiger partial charge is 0.450 e. The lowest BCUT2D eigenvalue weighted by Crippen LogP contribution is -2.52. The van der Waals surface area contributed by atoms with Crippen molar-refractivity contribution in [2.24, 2.45) is 0 Å². The van der Waals surface area contributed by atoms with Crippen LogP contribution in [0.3, 0.4) is 0 Å². The van der Waals surface area contributed by atoms with Gasteiger partial charge in [-0.2, -0.15) is 5.26 Å². The quantitative estimate of drug-likeness (QED) is 0.512. The SMILES string of the molecule is N#Cc1ccc(CNC(=O)c2cc3cc(Cl)c4c(c3o2)C2(CCCCC2)NC(=O)N4)cc1. The second kappa shape index (κ2) is 7.88. The highest BCUT2D eigenvalue weighted by molar-refractivity contribution is 6.35. The molecule has 1 aliphatic heterocycles. The molecule has 0 atom stereocenters. The molecule has 8 heteroatoms. The van der Waals surface area contributed by atoms with Crippen LogP contribution < -0.4 is 16.0 Å². The van der Waals surface area contributed by atoms with Gasteiger partial charge in [0.05, 0.1) is 27.9 Å². The zero-order chi connectivity index (χ0) is 22.3. The van der Waals surface area contributed by atoms with Gasteiger partial charge in [0.15, 0.2) is 5.76 Å². The first-order valence-corrected chi connectivity index (χ1v) is 11.0. The van der Waals surface area contributed by atoms with Crippen LogP contribution in [0.1, 0.15) is 59.3 Å². The molecule has 1 aromatic heterocycles. The summed E-state index contributed by atoms with van der Waals surface area (Å²) >= 11 is 6.54. The number of nitriles is 1. The Hall–Kier alpha value is -3.50. The van der Waals surface area contributed by atoms with Crippen molar-refractivity contribution in [1.29, 1.82) is 5.26 Å². The fraction of sp³-hybridized carbons (Fsp3) is 0.292. The topological polar surface area (TPSA) is 107 Å². The molecule has 1 saturated carbocycles. The van der Waals surface area contributed by atoms with Crippen LogP contribution in [0.5, 0.6) is 0 Å². The van der Waals surface area contributed by atoms with E-state index in [4.69, 9.17) is 21.3 Å². The summed E-state index contributed by atoms with van der Waals surface area (Å²) in [7, 11) is 0. The van der Waals surface area contributed by atoms with E-state index in [-0.39, 0.29) is 17.7 Å². The number of amides is 3. The highest BCUT2D eigenvalue weighted by Gasteiger charge is 2.43. The van der Waals surface area contributed by atoms with Gasteiger partial charge in [-0.25, -0.2) is 4.79 Å². The third kappa shape index (κ3) is 3.47. The molecule has 1 fully saturated rings. The molecule has 3 amide bonds. The van der Waals surface area contributed by atoms with Crippen LogP contribution in [0.25, 0.3) is 11.0 Å². The Kier molecular flexibility index (Phi) is 5.03. The predicted octanol–water partition coefficient (Wildman–Crippen LogP) is 5.18. The van der Waals surface area contributed by atoms with Gasteiger partial charge in [0.25, 0.3) is 5.91 Å². The maximum atomic E-state index is 12.8. The Morgan fingerprint density at radius 3 is 2.66 bits per heavy atom. The molecular formula is C24H21ClN4O3. The smallest absolute Gasteiger partial charge is 0.319 e. The van der Waals surface area contributed by atoms with Gasteiger partial charge in [0.1, 0.15) is 5.58 Å². The fourth-order valence-electron chi connectivity index (χ4n) is 4.76. The predicted molar refractivity (Wildman–Crippen MR) is 120 cm³/mol. The van der Waals surface area contributed by atoms with Crippen LogP contribution in [0.4, 0.5) is 10.5 Å². The summed E-state index contributed by atoms with van der Waals surface area (Å²) in [5, 5.41) is 18.8. The monoisotopic (exact) mass is 448 g/mol. The van der Waals surface area contributed by atoms with Crippen molar-refractivity contribution < 1.29 is 14.0 Å². The van der Waals surface area contributed by atoms with Crippen LogP contribution in [-0.2, 0) is 12.1 Å². The lowest BCUT2D eigenvalue weighted by Gasteiger charge is -2.42. The first-order chi connectivity index (χ1) is 15.5. The van der Waals surface area contributed by atoms with Crippen LogP contribution in [0, 0.1) is 11.3 Å². The van der Waals surface area contributed by atoms with Gasteiger partial charge in [-0.1, -0.05) is 43.0 Å². The molecule has 2 aromatic carbocycles. The summed E-state index contributed by atoms with van der Waals surface area (Å²) in [5.41, 5.74) is 2.85. The van der Waals surface area contributed by atoms with E-state index in [1.807, 2.05) is 0 Å². The summed E-state index contributed by atoms with van der Waals surface area (Å²) < 4.78 is 6.07. The van der Waals surface area contributed by atoms with E-state index in [1.54, 1.807) is 36.4 Å². The third-order valence-corrected chi connectivity index (χ3v) is 6.59. The molecule has 7 nitrogen and oxygen atoms in total. The van der Waals surface area contributed by atoms with Crippen molar-refractivity contribution in [3.05, 3.63) is 63.9 Å². The molecule has 5 rings (SSSR count). The summed E-state index contributed by atoms with van der Waals surface area (Å²) in [6.45, 7) is 0.308. The highest BCUT2D eigenvalue weighted by Crippen LogP contribution is 2.48. The van der Waals surface area contributed by atoms with Crippen molar-refractivity contribution in [1.82, 2.24) is 10.6 Å². The Balaban J connectivity index is 1.49. The van der Waals surface area contributed by atoms with E-state index in [0.29, 0.717) is 28.4 Å². The first kappa shape index (κ1) is 20.4. The molecule has 32 heavy (non-hydrogen) atoms. The standard InChI is InChI=1S/C24H21ClN4O3/c25-17-10-16-11-18(22(30)27-13-15-6-4-14(12-26)5-7-15)32-21(16)19-20(17)28-23(31)29-24(19)8-2-1-3-9-24/h4-7,10-11H,1-3,8-9,13H2,(H,27,30)(H2,28,29,31). The average Bonchev–Trinajstić information content (AvgIpc) is 3.22. The van der Waals surface area contributed by atoms with E-state index < -0.39 is 5.54 Å². The van der Waals surface area contributed by atoms with Gasteiger partial charge in [-0.05, 0) is 42.7 Å². The molecule has 2 aliphatic rings. The lowest BCUT2D eigenvalue weighted by molar-refractivity contribution is 0.0925. The van der Waals surface area contributed by atoms with E-state index in [1.165, 1.54) is 0 Å². The van der Waals surface area contributed by atoms with Gasteiger partial charge in [-0.15, -0.1) is 0 Å². The highest BCUT2D eigenvalue weighted by atomic mass is 35.5. The van der Waals surface area contributed by atoms with Gasteiger partial charge in [0, 0.05) is 17.5 Å². The van der Waals surface area contributed by atoms with Gasteiger partial charge in [0.2, 0.25) is 0 Å². The van der Waals surface area contributed by atoms with Crippen LogP contribution in [-0.4, -0.2) is 11.9 Å². The fourth-order valence-corrected chi connectivity index (χ4v) is 5.02. The van der Waals surface area contributed by atoms with E-state index >= 15 is 0 Å². The second-order valence-electron chi connectivity index (χ2n) is 8.35. The third-order valence-electron chi connectivity index (χ3n) is 6.30. The molecule has 3 aromatic rings. The number of nitrogens with zero attached hydrogens (tertiary/aromatic N) is 1. The van der Waals surface area contributed by atoms with E-state index in [0.717, 1.165) is 48.6 Å². The molecule has 0 bridgehead atoms. The number of hydrogen-bond acceptors (Lipinski definition) is 4. The first-order valence-electron chi connectivity index (χ1n) is 10.6. The van der Waals surface area contributed by atoms with Crippen LogP contribution in [0.2, 0.25) is 5.02 Å².